The minimum absolute atomic E-state index is 0.189. The molecule has 0 radical (unpaired) electrons. The second kappa shape index (κ2) is 5.35. The summed E-state index contributed by atoms with van der Waals surface area (Å²) in [6.45, 7) is 2.77. The van der Waals surface area contributed by atoms with E-state index in [-0.39, 0.29) is 11.9 Å². The van der Waals surface area contributed by atoms with Gasteiger partial charge in [-0.1, -0.05) is 6.42 Å². The van der Waals surface area contributed by atoms with Crippen molar-refractivity contribution >= 4 is 5.91 Å². The fourth-order valence-corrected chi connectivity index (χ4v) is 1.62. The number of hydrogen-bond acceptors (Lipinski definition) is 2. The highest BCUT2D eigenvalue weighted by molar-refractivity contribution is 5.76. The van der Waals surface area contributed by atoms with Crippen LogP contribution in [0.15, 0.2) is 0 Å². The molecule has 2 N–H and O–H groups in total. The van der Waals surface area contributed by atoms with Crippen LogP contribution >= 0.6 is 0 Å². The molecule has 82 valence electrons. The maximum atomic E-state index is 11.6. The van der Waals surface area contributed by atoms with E-state index in [4.69, 9.17) is 5.73 Å². The van der Waals surface area contributed by atoms with Crippen LogP contribution in [-0.4, -0.2) is 30.4 Å². The molecule has 0 aromatic carbocycles. The molecule has 3 heteroatoms. The zero-order valence-electron chi connectivity index (χ0n) is 9.33. The van der Waals surface area contributed by atoms with Crippen molar-refractivity contribution in [1.29, 1.82) is 0 Å². The molecule has 1 aliphatic carbocycles. The molecule has 1 unspecified atom stereocenters. The molecule has 1 aliphatic rings. The van der Waals surface area contributed by atoms with Gasteiger partial charge in [0.25, 0.3) is 0 Å². The van der Waals surface area contributed by atoms with Crippen LogP contribution in [0.5, 0.6) is 0 Å². The van der Waals surface area contributed by atoms with Gasteiger partial charge in [0, 0.05) is 26.1 Å². The standard InChI is InChI=1S/C11H22N2O/c1-9(12)6-7-13(2)11(14)8-10-4-3-5-10/h9-10H,3-8,12H2,1-2H3. The van der Waals surface area contributed by atoms with E-state index >= 15 is 0 Å². The van der Waals surface area contributed by atoms with E-state index in [9.17, 15) is 4.79 Å². The summed E-state index contributed by atoms with van der Waals surface area (Å²) >= 11 is 0. The van der Waals surface area contributed by atoms with Crippen LogP contribution in [0, 0.1) is 5.92 Å². The van der Waals surface area contributed by atoms with Crippen molar-refractivity contribution in [2.75, 3.05) is 13.6 Å². The smallest absolute Gasteiger partial charge is 0.222 e. The van der Waals surface area contributed by atoms with Gasteiger partial charge in [-0.3, -0.25) is 4.79 Å². The Morgan fingerprint density at radius 2 is 2.21 bits per heavy atom. The lowest BCUT2D eigenvalue weighted by atomic mass is 9.83. The summed E-state index contributed by atoms with van der Waals surface area (Å²) in [5, 5.41) is 0. The SMILES string of the molecule is CC(N)CCN(C)C(=O)CC1CCC1. The number of rotatable bonds is 5. The van der Waals surface area contributed by atoms with Gasteiger partial charge in [-0.05, 0) is 32.1 Å². The number of carbonyl (C=O) groups excluding carboxylic acids is 1. The van der Waals surface area contributed by atoms with Crippen molar-refractivity contribution in [2.45, 2.75) is 45.1 Å². The average Bonchev–Trinajstić information content (AvgIpc) is 2.06. The van der Waals surface area contributed by atoms with Gasteiger partial charge in [0.15, 0.2) is 0 Å². The maximum Gasteiger partial charge on any atom is 0.222 e. The van der Waals surface area contributed by atoms with Gasteiger partial charge in [0.05, 0.1) is 0 Å². The fourth-order valence-electron chi connectivity index (χ4n) is 1.62. The summed E-state index contributed by atoms with van der Waals surface area (Å²) < 4.78 is 0. The first-order chi connectivity index (χ1) is 6.59. The average molecular weight is 198 g/mol. The van der Waals surface area contributed by atoms with Crippen LogP contribution in [-0.2, 0) is 4.79 Å². The highest BCUT2D eigenvalue weighted by Gasteiger charge is 2.22. The molecule has 0 bridgehead atoms. The molecule has 0 heterocycles. The molecule has 1 atom stereocenters. The van der Waals surface area contributed by atoms with Gasteiger partial charge in [-0.2, -0.15) is 0 Å². The molecule has 1 amide bonds. The third kappa shape index (κ3) is 3.66. The molecule has 0 spiro atoms. The number of nitrogens with zero attached hydrogens (tertiary/aromatic N) is 1. The summed E-state index contributed by atoms with van der Waals surface area (Å²) in [6, 6.07) is 0.189. The van der Waals surface area contributed by atoms with E-state index in [0.29, 0.717) is 5.92 Å². The zero-order valence-corrected chi connectivity index (χ0v) is 9.33. The number of nitrogens with two attached hydrogens (primary N) is 1. The molecular weight excluding hydrogens is 176 g/mol. The molecule has 14 heavy (non-hydrogen) atoms. The molecule has 0 saturated heterocycles. The number of amides is 1. The normalized spacial score (nSPS) is 18.8. The van der Waals surface area contributed by atoms with E-state index in [2.05, 4.69) is 0 Å². The van der Waals surface area contributed by atoms with E-state index in [1.165, 1.54) is 19.3 Å². The highest BCUT2D eigenvalue weighted by Crippen LogP contribution is 2.29. The lowest BCUT2D eigenvalue weighted by Crippen LogP contribution is -2.33. The summed E-state index contributed by atoms with van der Waals surface area (Å²) in [4.78, 5) is 13.5. The molecule has 1 fully saturated rings. The lowest BCUT2D eigenvalue weighted by Gasteiger charge is -2.27. The van der Waals surface area contributed by atoms with Crippen molar-refractivity contribution in [3.05, 3.63) is 0 Å². The Morgan fingerprint density at radius 3 is 2.64 bits per heavy atom. The van der Waals surface area contributed by atoms with Gasteiger partial charge in [0.2, 0.25) is 5.91 Å². The first kappa shape index (κ1) is 11.5. The van der Waals surface area contributed by atoms with Crippen LogP contribution in [0.25, 0.3) is 0 Å². The topological polar surface area (TPSA) is 46.3 Å². The molecule has 0 aliphatic heterocycles. The predicted molar refractivity (Wildman–Crippen MR) is 57.9 cm³/mol. The monoisotopic (exact) mass is 198 g/mol. The first-order valence-electron chi connectivity index (χ1n) is 5.59. The molecule has 1 rings (SSSR count). The van der Waals surface area contributed by atoms with Crippen molar-refractivity contribution in [1.82, 2.24) is 4.90 Å². The van der Waals surface area contributed by atoms with Crippen LogP contribution in [0.4, 0.5) is 0 Å². The summed E-state index contributed by atoms with van der Waals surface area (Å²) in [5.41, 5.74) is 5.64. The Morgan fingerprint density at radius 1 is 1.57 bits per heavy atom. The van der Waals surface area contributed by atoms with Crippen molar-refractivity contribution in [2.24, 2.45) is 11.7 Å². The van der Waals surface area contributed by atoms with E-state index in [1.807, 2.05) is 18.9 Å². The summed E-state index contributed by atoms with van der Waals surface area (Å²) in [5.74, 6) is 0.954. The quantitative estimate of drug-likeness (QED) is 0.725. The van der Waals surface area contributed by atoms with E-state index in [0.717, 1.165) is 19.4 Å². The van der Waals surface area contributed by atoms with Gasteiger partial charge in [-0.15, -0.1) is 0 Å². The highest BCUT2D eigenvalue weighted by atomic mass is 16.2. The molecule has 0 aromatic heterocycles. The number of carbonyl (C=O) groups is 1. The van der Waals surface area contributed by atoms with Gasteiger partial charge in [-0.25, -0.2) is 0 Å². The largest absolute Gasteiger partial charge is 0.346 e. The lowest BCUT2D eigenvalue weighted by molar-refractivity contribution is -0.131. The zero-order chi connectivity index (χ0) is 10.6. The Balaban J connectivity index is 2.14. The van der Waals surface area contributed by atoms with E-state index < -0.39 is 0 Å². The van der Waals surface area contributed by atoms with Crippen LogP contribution in [0.1, 0.15) is 39.0 Å². The van der Waals surface area contributed by atoms with Gasteiger partial charge < -0.3 is 10.6 Å². The molecule has 3 nitrogen and oxygen atoms in total. The third-order valence-electron chi connectivity index (χ3n) is 3.03. The first-order valence-corrected chi connectivity index (χ1v) is 5.59. The summed E-state index contributed by atoms with van der Waals surface area (Å²) in [6.07, 6.45) is 5.43. The van der Waals surface area contributed by atoms with Crippen LogP contribution in [0.2, 0.25) is 0 Å². The fraction of sp³-hybridized carbons (Fsp3) is 0.909. The van der Waals surface area contributed by atoms with Crippen LogP contribution < -0.4 is 5.73 Å². The Hall–Kier alpha value is -0.570. The van der Waals surface area contributed by atoms with Crippen molar-refractivity contribution < 1.29 is 4.79 Å². The molecular formula is C11H22N2O. The second-order valence-corrected chi connectivity index (χ2v) is 4.58. The van der Waals surface area contributed by atoms with Gasteiger partial charge >= 0.3 is 0 Å². The minimum atomic E-state index is 0.189. The maximum absolute atomic E-state index is 11.6. The summed E-state index contributed by atoms with van der Waals surface area (Å²) in [7, 11) is 1.88. The Bertz CT molecular complexity index is 188. The van der Waals surface area contributed by atoms with E-state index in [1.54, 1.807) is 0 Å². The van der Waals surface area contributed by atoms with Crippen molar-refractivity contribution in [3.63, 3.8) is 0 Å². The molecule has 0 aromatic rings. The predicted octanol–water partition coefficient (Wildman–Crippen LogP) is 1.37. The second-order valence-electron chi connectivity index (χ2n) is 4.58. The van der Waals surface area contributed by atoms with Crippen LogP contribution in [0.3, 0.4) is 0 Å². The minimum Gasteiger partial charge on any atom is -0.346 e. The molecule has 1 saturated carbocycles. The third-order valence-corrected chi connectivity index (χ3v) is 3.03. The Kier molecular flexibility index (Phi) is 4.39. The van der Waals surface area contributed by atoms with Crippen molar-refractivity contribution in [3.8, 4) is 0 Å². The Labute approximate surface area is 86.6 Å². The van der Waals surface area contributed by atoms with Gasteiger partial charge in [0.1, 0.15) is 0 Å². The number of hydrogen-bond donors (Lipinski definition) is 1.